The van der Waals surface area contributed by atoms with E-state index in [4.69, 9.17) is 14.2 Å². The Kier molecular flexibility index (Phi) is 13.9. The summed E-state index contributed by atoms with van der Waals surface area (Å²) in [5.74, 6) is -5.55. The Morgan fingerprint density at radius 1 is 0.730 bits per heavy atom. The topological polar surface area (TPSA) is 149 Å². The van der Waals surface area contributed by atoms with E-state index in [-0.39, 0.29) is 74.4 Å². The summed E-state index contributed by atoms with van der Waals surface area (Å²) in [5, 5.41) is 25.7. The monoisotopic (exact) mass is 871 g/mol. The average Bonchev–Trinajstić information content (AvgIpc) is 3.74. The van der Waals surface area contributed by atoms with Gasteiger partial charge in [-0.25, -0.2) is 8.78 Å². The molecule has 1 aliphatic carbocycles. The Balaban J connectivity index is 1.29. The molecule has 2 aromatic heterocycles. The van der Waals surface area contributed by atoms with E-state index in [1.165, 1.54) is 0 Å². The minimum Gasteiger partial charge on any atom is -0.481 e. The maximum atomic E-state index is 15.0. The molecule has 0 saturated heterocycles. The minimum atomic E-state index is -5.12. The number of carbonyl (C=O) groups excluding carboxylic acids is 1. The number of aliphatic hydroxyl groups excluding tert-OH is 1. The number of benzene rings is 4. The number of ether oxygens (including phenoxy) is 3. The van der Waals surface area contributed by atoms with Crippen molar-refractivity contribution >= 4 is 11.9 Å². The molecule has 328 valence electrons. The molecule has 6 aromatic rings. The number of carboxylic acid groups (broad SMARTS) is 1. The average molecular weight is 872 g/mol. The number of aromatic nitrogens is 4. The first-order valence-electron chi connectivity index (χ1n) is 20.0. The first kappa shape index (κ1) is 44.2. The summed E-state index contributed by atoms with van der Waals surface area (Å²) < 4.78 is 93.2. The molecule has 63 heavy (non-hydrogen) atoms. The van der Waals surface area contributed by atoms with Crippen LogP contribution in [0.15, 0.2) is 115 Å². The van der Waals surface area contributed by atoms with Crippen LogP contribution in [0.1, 0.15) is 81.7 Å². The first-order chi connectivity index (χ1) is 30.3. The summed E-state index contributed by atoms with van der Waals surface area (Å²) in [6.45, 7) is -1.60. The Labute approximate surface area is 358 Å². The molecule has 1 aliphatic rings. The highest BCUT2D eigenvalue weighted by molar-refractivity contribution is 5.95. The highest BCUT2D eigenvalue weighted by Gasteiger charge is 2.43. The maximum Gasteiger partial charge on any atom is 0.433 e. The van der Waals surface area contributed by atoms with Gasteiger partial charge < -0.3 is 29.3 Å². The third-order valence-electron chi connectivity index (χ3n) is 10.5. The van der Waals surface area contributed by atoms with Crippen molar-refractivity contribution in [2.24, 2.45) is 5.92 Å². The van der Waals surface area contributed by atoms with E-state index >= 15 is 13.2 Å². The Morgan fingerprint density at radius 3 is 1.70 bits per heavy atom. The SMILES string of the molecule is O=C(c1cnn([C@H]2CC[C@H](C(=O)O)CC2)c1C(F)(F)F)N(Cc1cc(F)cc(F)c1)CC(O)c1c(OCc2ccccc2)nc(OCc2ccccc2)nc1OCc1ccccc1. The molecule has 7 rings (SSSR count). The van der Waals surface area contributed by atoms with Gasteiger partial charge in [0.1, 0.15) is 43.1 Å². The minimum absolute atomic E-state index is 0.0294. The molecule has 4 aromatic carbocycles. The Hall–Kier alpha value is -6.88. The van der Waals surface area contributed by atoms with Crippen molar-refractivity contribution in [2.75, 3.05) is 6.54 Å². The van der Waals surface area contributed by atoms with Crippen LogP contribution in [0, 0.1) is 17.6 Å². The van der Waals surface area contributed by atoms with Gasteiger partial charge in [0.2, 0.25) is 11.8 Å². The lowest BCUT2D eigenvalue weighted by molar-refractivity contribution is -0.147. The van der Waals surface area contributed by atoms with Crippen molar-refractivity contribution in [3.8, 4) is 17.8 Å². The van der Waals surface area contributed by atoms with E-state index in [2.05, 4.69) is 15.1 Å². The molecule has 12 nitrogen and oxygen atoms in total. The van der Waals surface area contributed by atoms with Gasteiger partial charge in [-0.05, 0) is 60.1 Å². The molecule has 1 atom stereocenters. The molecule has 0 spiro atoms. The zero-order chi connectivity index (χ0) is 44.5. The molecule has 0 radical (unpaired) electrons. The number of hydrogen-bond donors (Lipinski definition) is 2. The number of aliphatic hydroxyl groups is 1. The fourth-order valence-corrected chi connectivity index (χ4v) is 7.41. The van der Waals surface area contributed by atoms with E-state index < -0.39 is 72.1 Å². The normalized spacial score (nSPS) is 15.7. The Morgan fingerprint density at radius 2 is 1.22 bits per heavy atom. The number of carbonyl (C=O) groups is 2. The summed E-state index contributed by atoms with van der Waals surface area (Å²) in [4.78, 5) is 35.9. The maximum absolute atomic E-state index is 15.0. The van der Waals surface area contributed by atoms with Gasteiger partial charge in [0, 0.05) is 12.6 Å². The van der Waals surface area contributed by atoms with Gasteiger partial charge in [-0.3, -0.25) is 14.3 Å². The van der Waals surface area contributed by atoms with E-state index in [0.717, 1.165) is 28.8 Å². The molecule has 17 heteroatoms. The number of rotatable bonds is 17. The van der Waals surface area contributed by atoms with Crippen molar-refractivity contribution in [3.05, 3.63) is 166 Å². The molecule has 0 aliphatic heterocycles. The summed E-state index contributed by atoms with van der Waals surface area (Å²) in [6, 6.07) is 28.4. The molecule has 1 fully saturated rings. The molecular weight excluding hydrogens is 830 g/mol. The van der Waals surface area contributed by atoms with Crippen LogP contribution < -0.4 is 14.2 Å². The predicted octanol–water partition coefficient (Wildman–Crippen LogP) is 8.90. The van der Waals surface area contributed by atoms with Crippen LogP contribution in [0.25, 0.3) is 0 Å². The molecule has 1 saturated carbocycles. The quantitative estimate of drug-likeness (QED) is 0.0852. The zero-order valence-corrected chi connectivity index (χ0v) is 33.6. The lowest BCUT2D eigenvalue weighted by Gasteiger charge is -2.29. The van der Waals surface area contributed by atoms with E-state index in [9.17, 15) is 28.6 Å². The van der Waals surface area contributed by atoms with Crippen LogP contribution >= 0.6 is 0 Å². The smallest absolute Gasteiger partial charge is 0.433 e. The van der Waals surface area contributed by atoms with Crippen molar-refractivity contribution < 1.29 is 56.0 Å². The fourth-order valence-electron chi connectivity index (χ4n) is 7.41. The number of aliphatic carboxylic acids is 1. The van der Waals surface area contributed by atoms with E-state index in [1.54, 1.807) is 48.5 Å². The van der Waals surface area contributed by atoms with E-state index in [0.29, 0.717) is 21.9 Å². The largest absolute Gasteiger partial charge is 0.481 e. The summed E-state index contributed by atoms with van der Waals surface area (Å²) >= 11 is 0. The molecule has 1 amide bonds. The van der Waals surface area contributed by atoms with Crippen LogP contribution in [0.5, 0.6) is 17.8 Å². The standard InChI is InChI=1S/C46H42F5N5O7/c47-34-20-32(21-35(48)22-34)24-55(43(58)37-23-52-56(40(37)46(49,50)51)36-18-16-33(17-19-36)44(59)60)25-38(57)39-41(61-26-29-10-4-1-5-11-29)53-45(63-28-31-14-8-3-9-15-31)54-42(39)62-27-30-12-6-2-7-13-30/h1-15,20-23,33,36,38,57H,16-19,24-28H2,(H,59,60)/t33-,36-,38?. The highest BCUT2D eigenvalue weighted by Crippen LogP contribution is 2.40. The van der Waals surface area contributed by atoms with Gasteiger partial charge in [0.05, 0.1) is 30.3 Å². The second kappa shape index (κ2) is 19.9. The summed E-state index contributed by atoms with van der Waals surface area (Å²) in [6.07, 6.45) is -5.91. The van der Waals surface area contributed by atoms with Gasteiger partial charge in [-0.1, -0.05) is 91.0 Å². The van der Waals surface area contributed by atoms with Gasteiger partial charge in [-0.2, -0.15) is 28.2 Å². The molecule has 1 unspecified atom stereocenters. The second-order valence-corrected chi connectivity index (χ2v) is 15.0. The molecular formula is C46H42F5N5O7. The van der Waals surface area contributed by atoms with E-state index in [1.807, 2.05) is 42.5 Å². The van der Waals surface area contributed by atoms with Crippen LogP contribution in [0.3, 0.4) is 0 Å². The third kappa shape index (κ3) is 11.3. The second-order valence-electron chi connectivity index (χ2n) is 15.0. The number of amides is 1. The highest BCUT2D eigenvalue weighted by atomic mass is 19.4. The number of halogens is 5. The molecule has 2 N–H and O–H groups in total. The van der Waals surface area contributed by atoms with Crippen molar-refractivity contribution in [1.82, 2.24) is 24.6 Å². The summed E-state index contributed by atoms with van der Waals surface area (Å²) in [7, 11) is 0. The first-order valence-corrected chi connectivity index (χ1v) is 20.0. The van der Waals surface area contributed by atoms with Crippen LogP contribution in [-0.2, 0) is 37.3 Å². The number of nitrogens with zero attached hydrogens (tertiary/aromatic N) is 5. The summed E-state index contributed by atoms with van der Waals surface area (Å²) in [5.41, 5.74) is -0.434. The van der Waals surface area contributed by atoms with Gasteiger partial charge >= 0.3 is 18.2 Å². The zero-order valence-electron chi connectivity index (χ0n) is 33.6. The van der Waals surface area contributed by atoms with Crippen molar-refractivity contribution in [3.63, 3.8) is 0 Å². The van der Waals surface area contributed by atoms with Gasteiger partial charge in [-0.15, -0.1) is 0 Å². The van der Waals surface area contributed by atoms with Crippen LogP contribution in [0.4, 0.5) is 22.0 Å². The van der Waals surface area contributed by atoms with Crippen LogP contribution in [-0.4, -0.2) is 53.3 Å². The fraction of sp³-hybridized carbons (Fsp3) is 0.283. The Bertz CT molecular complexity index is 2400. The third-order valence-corrected chi connectivity index (χ3v) is 10.5. The lowest BCUT2D eigenvalue weighted by atomic mass is 9.86. The predicted molar refractivity (Wildman–Crippen MR) is 216 cm³/mol. The van der Waals surface area contributed by atoms with Crippen molar-refractivity contribution in [1.29, 1.82) is 0 Å². The number of hydrogen-bond acceptors (Lipinski definition) is 9. The van der Waals surface area contributed by atoms with Gasteiger partial charge in [0.25, 0.3) is 5.91 Å². The van der Waals surface area contributed by atoms with Crippen LogP contribution in [0.2, 0.25) is 0 Å². The number of alkyl halides is 3. The van der Waals surface area contributed by atoms with Crippen molar-refractivity contribution in [2.45, 2.75) is 70.4 Å². The van der Waals surface area contributed by atoms with Gasteiger partial charge in [0.15, 0.2) is 5.69 Å². The molecule has 2 heterocycles. The lowest BCUT2D eigenvalue weighted by Crippen LogP contribution is -2.36. The number of carboxylic acids is 1. The molecule has 0 bridgehead atoms.